The van der Waals surface area contributed by atoms with Crippen molar-refractivity contribution in [3.05, 3.63) is 0 Å². The first-order chi connectivity index (χ1) is 8.95. The molecule has 1 heterocycles. The molecule has 1 aliphatic rings. The summed E-state index contributed by atoms with van der Waals surface area (Å²) in [5.74, 6) is -0.241. The second-order valence-corrected chi connectivity index (χ2v) is 5.73. The van der Waals surface area contributed by atoms with E-state index in [1.54, 1.807) is 4.90 Å². The second-order valence-electron chi connectivity index (χ2n) is 5.73. The highest BCUT2D eigenvalue weighted by Gasteiger charge is 2.44. The first kappa shape index (κ1) is 16.0. The van der Waals surface area contributed by atoms with Crippen molar-refractivity contribution >= 4 is 11.9 Å². The van der Waals surface area contributed by atoms with E-state index in [-0.39, 0.29) is 5.91 Å². The van der Waals surface area contributed by atoms with Crippen molar-refractivity contribution in [1.29, 1.82) is 0 Å². The molecule has 1 amide bonds. The minimum atomic E-state index is -0.776. The average molecular weight is 270 g/mol. The number of hydrogen-bond acceptors (Lipinski definition) is 3. The average Bonchev–Trinajstić information content (AvgIpc) is 2.82. The third-order valence-corrected chi connectivity index (χ3v) is 4.35. The Bertz CT molecular complexity index is 333. The van der Waals surface area contributed by atoms with E-state index in [9.17, 15) is 14.7 Å². The van der Waals surface area contributed by atoms with Crippen LogP contribution in [0.2, 0.25) is 0 Å². The third kappa shape index (κ3) is 3.93. The molecule has 1 fully saturated rings. The first-order valence-electron chi connectivity index (χ1n) is 7.16. The maximum Gasteiger partial charge on any atom is 0.311 e. The van der Waals surface area contributed by atoms with Crippen molar-refractivity contribution in [2.75, 3.05) is 19.6 Å². The van der Waals surface area contributed by atoms with Gasteiger partial charge in [0, 0.05) is 19.5 Å². The van der Waals surface area contributed by atoms with Crippen LogP contribution in [-0.4, -0.2) is 41.5 Å². The van der Waals surface area contributed by atoms with E-state index in [4.69, 9.17) is 5.73 Å². The Morgan fingerprint density at radius 2 is 2.11 bits per heavy atom. The van der Waals surface area contributed by atoms with Crippen LogP contribution in [0, 0.1) is 11.3 Å². The van der Waals surface area contributed by atoms with Gasteiger partial charge in [0.1, 0.15) is 0 Å². The molecular formula is C14H26N2O3. The van der Waals surface area contributed by atoms with Crippen LogP contribution in [-0.2, 0) is 9.59 Å². The van der Waals surface area contributed by atoms with Crippen molar-refractivity contribution in [2.45, 2.75) is 46.0 Å². The van der Waals surface area contributed by atoms with E-state index < -0.39 is 11.4 Å². The molecule has 19 heavy (non-hydrogen) atoms. The SMILES string of the molecule is CCC1(C(=O)O)CCN(C(=O)CCC(C)CCN)C1. The van der Waals surface area contributed by atoms with Crippen molar-refractivity contribution in [3.63, 3.8) is 0 Å². The quantitative estimate of drug-likeness (QED) is 0.733. The number of carboxylic acids is 1. The van der Waals surface area contributed by atoms with Crippen LogP contribution in [0.5, 0.6) is 0 Å². The fourth-order valence-corrected chi connectivity index (χ4v) is 2.66. The lowest BCUT2D eigenvalue weighted by atomic mass is 9.84. The molecule has 0 radical (unpaired) electrons. The van der Waals surface area contributed by atoms with E-state index in [0.717, 1.165) is 12.8 Å². The number of amides is 1. The van der Waals surface area contributed by atoms with Gasteiger partial charge in [0.2, 0.25) is 5.91 Å². The van der Waals surface area contributed by atoms with Crippen LogP contribution in [0.1, 0.15) is 46.0 Å². The number of nitrogens with zero attached hydrogens (tertiary/aromatic N) is 1. The number of carbonyl (C=O) groups excluding carboxylic acids is 1. The molecular weight excluding hydrogens is 244 g/mol. The lowest BCUT2D eigenvalue weighted by Crippen LogP contribution is -2.36. The first-order valence-corrected chi connectivity index (χ1v) is 7.16. The van der Waals surface area contributed by atoms with Gasteiger partial charge in [0.15, 0.2) is 0 Å². The molecule has 0 saturated carbocycles. The van der Waals surface area contributed by atoms with Crippen LogP contribution >= 0.6 is 0 Å². The largest absolute Gasteiger partial charge is 0.481 e. The lowest BCUT2D eigenvalue weighted by Gasteiger charge is -2.23. The van der Waals surface area contributed by atoms with Gasteiger partial charge in [-0.05, 0) is 38.1 Å². The Kier molecular flexibility index (Phi) is 5.79. The molecule has 2 atom stereocenters. The number of carbonyl (C=O) groups is 2. The molecule has 0 aliphatic carbocycles. The summed E-state index contributed by atoms with van der Waals surface area (Å²) in [7, 11) is 0. The smallest absolute Gasteiger partial charge is 0.311 e. The summed E-state index contributed by atoms with van der Waals surface area (Å²) >= 11 is 0. The summed E-state index contributed by atoms with van der Waals surface area (Å²) in [5.41, 5.74) is 4.76. The highest BCUT2D eigenvalue weighted by molar-refractivity contribution is 5.80. The molecule has 110 valence electrons. The molecule has 5 nitrogen and oxygen atoms in total. The topological polar surface area (TPSA) is 83.6 Å². The van der Waals surface area contributed by atoms with Crippen molar-refractivity contribution in [3.8, 4) is 0 Å². The molecule has 0 aromatic rings. The van der Waals surface area contributed by atoms with Gasteiger partial charge in [-0.15, -0.1) is 0 Å². The van der Waals surface area contributed by atoms with E-state index in [0.29, 0.717) is 44.8 Å². The molecule has 0 aromatic heterocycles. The van der Waals surface area contributed by atoms with Crippen LogP contribution in [0.15, 0.2) is 0 Å². The second kappa shape index (κ2) is 6.89. The molecule has 1 aliphatic heterocycles. The van der Waals surface area contributed by atoms with E-state index in [1.165, 1.54) is 0 Å². The Hall–Kier alpha value is -1.10. The number of nitrogens with two attached hydrogens (primary N) is 1. The van der Waals surface area contributed by atoms with Crippen molar-refractivity contribution < 1.29 is 14.7 Å². The maximum absolute atomic E-state index is 12.1. The Balaban J connectivity index is 2.46. The standard InChI is InChI=1S/C14H26N2O3/c1-3-14(13(18)19)7-9-16(10-14)12(17)5-4-11(2)6-8-15/h11H,3-10,15H2,1-2H3,(H,18,19). The summed E-state index contributed by atoms with van der Waals surface area (Å²) in [6, 6.07) is 0. The van der Waals surface area contributed by atoms with Crippen molar-refractivity contribution in [1.82, 2.24) is 4.90 Å². The van der Waals surface area contributed by atoms with Gasteiger partial charge in [-0.3, -0.25) is 9.59 Å². The summed E-state index contributed by atoms with van der Waals surface area (Å²) in [5, 5.41) is 9.30. The Morgan fingerprint density at radius 1 is 1.42 bits per heavy atom. The zero-order valence-electron chi connectivity index (χ0n) is 12.0. The predicted octanol–water partition coefficient (Wildman–Crippen LogP) is 1.46. The molecule has 3 N–H and O–H groups in total. The maximum atomic E-state index is 12.1. The molecule has 0 aromatic carbocycles. The van der Waals surface area contributed by atoms with E-state index in [1.807, 2.05) is 6.92 Å². The normalized spacial score (nSPS) is 24.5. The summed E-state index contributed by atoms with van der Waals surface area (Å²) < 4.78 is 0. The number of hydrogen-bond donors (Lipinski definition) is 2. The minimum absolute atomic E-state index is 0.0837. The highest BCUT2D eigenvalue weighted by atomic mass is 16.4. The minimum Gasteiger partial charge on any atom is -0.481 e. The molecule has 5 heteroatoms. The summed E-state index contributed by atoms with van der Waals surface area (Å²) in [4.78, 5) is 25.1. The molecule has 1 rings (SSSR count). The van der Waals surface area contributed by atoms with Gasteiger partial charge < -0.3 is 15.7 Å². The van der Waals surface area contributed by atoms with Crippen LogP contribution in [0.4, 0.5) is 0 Å². The van der Waals surface area contributed by atoms with E-state index in [2.05, 4.69) is 6.92 Å². The van der Waals surface area contributed by atoms with Gasteiger partial charge >= 0.3 is 5.97 Å². The predicted molar refractivity (Wildman–Crippen MR) is 73.6 cm³/mol. The van der Waals surface area contributed by atoms with Gasteiger partial charge in [-0.1, -0.05) is 13.8 Å². The highest BCUT2D eigenvalue weighted by Crippen LogP contribution is 2.34. The zero-order valence-corrected chi connectivity index (χ0v) is 12.0. The zero-order chi connectivity index (χ0) is 14.5. The number of aliphatic carboxylic acids is 1. The lowest BCUT2D eigenvalue weighted by molar-refractivity contribution is -0.148. The van der Waals surface area contributed by atoms with Gasteiger partial charge in [-0.25, -0.2) is 0 Å². The van der Waals surface area contributed by atoms with E-state index >= 15 is 0 Å². The Labute approximate surface area is 115 Å². The number of carboxylic acid groups (broad SMARTS) is 1. The molecule has 2 unspecified atom stereocenters. The van der Waals surface area contributed by atoms with Gasteiger partial charge in [0.05, 0.1) is 5.41 Å². The fourth-order valence-electron chi connectivity index (χ4n) is 2.66. The molecule has 1 saturated heterocycles. The number of rotatable bonds is 7. The molecule has 0 spiro atoms. The summed E-state index contributed by atoms with van der Waals surface area (Å²) in [6.07, 6.45) is 3.42. The summed E-state index contributed by atoms with van der Waals surface area (Å²) in [6.45, 7) is 5.56. The monoisotopic (exact) mass is 270 g/mol. The number of likely N-dealkylation sites (tertiary alicyclic amines) is 1. The van der Waals surface area contributed by atoms with Crippen LogP contribution in [0.25, 0.3) is 0 Å². The molecule has 0 bridgehead atoms. The van der Waals surface area contributed by atoms with Gasteiger partial charge in [-0.2, -0.15) is 0 Å². The fraction of sp³-hybridized carbons (Fsp3) is 0.857. The Morgan fingerprint density at radius 3 is 2.58 bits per heavy atom. The third-order valence-electron chi connectivity index (χ3n) is 4.35. The van der Waals surface area contributed by atoms with Crippen LogP contribution < -0.4 is 5.73 Å². The van der Waals surface area contributed by atoms with Crippen molar-refractivity contribution in [2.24, 2.45) is 17.1 Å². The van der Waals surface area contributed by atoms with Gasteiger partial charge in [0.25, 0.3) is 0 Å². The van der Waals surface area contributed by atoms with Crippen LogP contribution in [0.3, 0.4) is 0 Å².